The predicted molar refractivity (Wildman–Crippen MR) is 141 cm³/mol. The molecule has 1 aliphatic heterocycles. The average Bonchev–Trinajstić information content (AvgIpc) is 3.62. The minimum atomic E-state index is -1.49. The van der Waals surface area contributed by atoms with E-state index in [-0.39, 0.29) is 36.6 Å². The molecule has 200 valence electrons. The molecule has 3 aliphatic rings. The molecule has 9 nitrogen and oxygen atoms in total. The molecule has 2 aromatic carbocycles. The summed E-state index contributed by atoms with van der Waals surface area (Å²) in [4.78, 5) is 53.3. The molecule has 2 aromatic rings. The fourth-order valence-electron chi connectivity index (χ4n) is 5.52. The van der Waals surface area contributed by atoms with Crippen LogP contribution in [-0.4, -0.2) is 40.3 Å². The Morgan fingerprint density at radius 3 is 2.50 bits per heavy atom. The fourth-order valence-corrected chi connectivity index (χ4v) is 5.52. The Morgan fingerprint density at radius 1 is 1.18 bits per heavy atom. The van der Waals surface area contributed by atoms with E-state index < -0.39 is 23.1 Å². The van der Waals surface area contributed by atoms with Crippen LogP contribution < -0.4 is 16.4 Å². The van der Waals surface area contributed by atoms with Crippen molar-refractivity contribution >= 4 is 29.5 Å². The van der Waals surface area contributed by atoms with Crippen molar-refractivity contribution in [2.45, 2.75) is 76.1 Å². The molecule has 4 N–H and O–H groups in total. The van der Waals surface area contributed by atoms with E-state index in [0.29, 0.717) is 29.3 Å². The lowest BCUT2D eigenvalue weighted by atomic mass is 9.93. The highest BCUT2D eigenvalue weighted by Gasteiger charge is 2.57. The lowest BCUT2D eigenvalue weighted by Crippen LogP contribution is -2.45. The minimum Gasteiger partial charge on any atom is -0.427 e. The van der Waals surface area contributed by atoms with E-state index >= 15 is 0 Å². The normalized spacial score (nSPS) is 23.0. The molecule has 1 saturated heterocycles. The highest BCUT2D eigenvalue weighted by Crippen LogP contribution is 2.51. The zero-order chi connectivity index (χ0) is 27.2. The molecule has 3 atom stereocenters. The van der Waals surface area contributed by atoms with Crippen molar-refractivity contribution in [3.8, 4) is 0 Å². The second kappa shape index (κ2) is 9.54. The molecule has 0 bridgehead atoms. The van der Waals surface area contributed by atoms with Crippen LogP contribution in [0.2, 0.25) is 0 Å². The lowest BCUT2D eigenvalue weighted by Gasteiger charge is -2.31. The Morgan fingerprint density at radius 2 is 1.89 bits per heavy atom. The maximum Gasteiger partial charge on any atom is 0.415 e. The van der Waals surface area contributed by atoms with E-state index in [9.17, 15) is 19.2 Å². The van der Waals surface area contributed by atoms with Gasteiger partial charge in [-0.3, -0.25) is 19.7 Å². The number of alkyl carbamates (subject to hydrolysis) is 1. The number of benzene rings is 2. The Balaban J connectivity index is 1.45. The second-order valence-electron chi connectivity index (χ2n) is 11.3. The van der Waals surface area contributed by atoms with Crippen LogP contribution in [-0.2, 0) is 31.3 Å². The molecule has 9 heteroatoms. The summed E-state index contributed by atoms with van der Waals surface area (Å²) in [5.41, 5.74) is 6.15. The number of carbonyl (C=O) groups is 4. The van der Waals surface area contributed by atoms with Crippen LogP contribution in [0.4, 0.5) is 10.5 Å². The third kappa shape index (κ3) is 4.90. The molecule has 1 saturated carbocycles. The van der Waals surface area contributed by atoms with Crippen LogP contribution in [0.15, 0.2) is 48.5 Å². The number of hydrogen-bond acceptors (Lipinski definition) is 6. The predicted octanol–water partition coefficient (Wildman–Crippen LogP) is 3.53. The third-order valence-electron chi connectivity index (χ3n) is 7.89. The average molecular weight is 519 g/mol. The summed E-state index contributed by atoms with van der Waals surface area (Å²) < 4.78 is 5.56. The van der Waals surface area contributed by atoms with Crippen LogP contribution in [0, 0.1) is 5.92 Å². The van der Waals surface area contributed by atoms with Crippen molar-refractivity contribution in [3.05, 3.63) is 65.2 Å². The number of anilines is 1. The van der Waals surface area contributed by atoms with Gasteiger partial charge in [-0.15, -0.1) is 0 Å². The highest BCUT2D eigenvalue weighted by molar-refractivity contribution is 6.04. The van der Waals surface area contributed by atoms with Crippen LogP contribution in [0.25, 0.3) is 0 Å². The van der Waals surface area contributed by atoms with Crippen molar-refractivity contribution < 1.29 is 23.9 Å². The van der Waals surface area contributed by atoms with Crippen molar-refractivity contribution in [3.63, 3.8) is 0 Å². The number of nitrogens with two attached hydrogens (primary N) is 1. The standard InChI is InChI=1S/C29H34N4O5/c1-17(19-9-10-19)33(16-18-7-5-4-6-8-18)24(34)13-20-15-29(26(36)32-27(37)38-29)23-12-11-21(14-22(20)23)31-25(35)28(2,3)30/h4-8,11-12,14,17,19-20H,9-10,13,15-16,30H2,1-3H3,(H,31,35)(H,32,36,37)/t17?,20?,29-/m0/s1. The molecule has 2 aliphatic carbocycles. The topological polar surface area (TPSA) is 131 Å². The van der Waals surface area contributed by atoms with Crippen LogP contribution in [0.1, 0.15) is 69.1 Å². The summed E-state index contributed by atoms with van der Waals surface area (Å²) in [5.74, 6) is -0.834. The van der Waals surface area contributed by atoms with Gasteiger partial charge < -0.3 is 20.7 Å². The molecular formula is C29H34N4O5. The molecule has 5 rings (SSSR count). The number of nitrogens with zero attached hydrogens (tertiary/aromatic N) is 1. The van der Waals surface area contributed by atoms with Crippen molar-refractivity contribution in [1.82, 2.24) is 10.2 Å². The van der Waals surface area contributed by atoms with Crippen LogP contribution in [0.5, 0.6) is 0 Å². The number of nitrogens with one attached hydrogen (secondary N) is 2. The summed E-state index contributed by atoms with van der Waals surface area (Å²) in [7, 11) is 0. The molecule has 38 heavy (non-hydrogen) atoms. The summed E-state index contributed by atoms with van der Waals surface area (Å²) in [5, 5.41) is 5.06. The molecule has 0 radical (unpaired) electrons. The smallest absolute Gasteiger partial charge is 0.415 e. The summed E-state index contributed by atoms with van der Waals surface area (Å²) >= 11 is 0. The largest absolute Gasteiger partial charge is 0.427 e. The maximum absolute atomic E-state index is 13.9. The zero-order valence-electron chi connectivity index (χ0n) is 22.0. The van der Waals surface area contributed by atoms with Gasteiger partial charge in [-0.1, -0.05) is 36.4 Å². The molecule has 2 fully saturated rings. The lowest BCUT2D eigenvalue weighted by molar-refractivity contribution is -0.136. The van der Waals surface area contributed by atoms with E-state index in [0.717, 1.165) is 18.4 Å². The summed E-state index contributed by atoms with van der Waals surface area (Å²) in [6, 6.07) is 15.1. The van der Waals surface area contributed by atoms with Gasteiger partial charge in [0.2, 0.25) is 17.4 Å². The van der Waals surface area contributed by atoms with Gasteiger partial charge in [-0.25, -0.2) is 4.79 Å². The molecule has 1 spiro atoms. The van der Waals surface area contributed by atoms with Gasteiger partial charge in [0, 0.05) is 36.7 Å². The first-order valence-electron chi connectivity index (χ1n) is 13.1. The molecule has 2 unspecified atom stereocenters. The number of ether oxygens (including phenoxy) is 1. The highest BCUT2D eigenvalue weighted by atomic mass is 16.6. The second-order valence-corrected chi connectivity index (χ2v) is 11.3. The van der Waals surface area contributed by atoms with Gasteiger partial charge in [0.1, 0.15) is 0 Å². The number of carbonyl (C=O) groups excluding carboxylic acids is 4. The van der Waals surface area contributed by atoms with Gasteiger partial charge >= 0.3 is 6.09 Å². The number of imide groups is 1. The fraction of sp³-hybridized carbons (Fsp3) is 0.448. The van der Waals surface area contributed by atoms with E-state index in [4.69, 9.17) is 10.5 Å². The quantitative estimate of drug-likeness (QED) is 0.490. The van der Waals surface area contributed by atoms with Crippen molar-refractivity contribution in [2.75, 3.05) is 5.32 Å². The molecule has 0 aromatic heterocycles. The number of amides is 4. The Hall–Kier alpha value is -3.72. The van der Waals surface area contributed by atoms with Crippen molar-refractivity contribution in [2.24, 2.45) is 11.7 Å². The van der Waals surface area contributed by atoms with E-state index in [1.807, 2.05) is 35.2 Å². The number of rotatable bonds is 8. The Kier molecular flexibility index (Phi) is 6.51. The number of fused-ring (bicyclic) bond motifs is 2. The molecule has 1 heterocycles. The molecular weight excluding hydrogens is 484 g/mol. The van der Waals surface area contributed by atoms with E-state index in [2.05, 4.69) is 17.6 Å². The SMILES string of the molecule is CC(C1CC1)N(Cc1ccccc1)C(=O)CC1C[C@]2(OC(=O)NC2=O)c2ccc(NC(=O)C(C)(C)N)cc21. The van der Waals surface area contributed by atoms with E-state index in [1.54, 1.807) is 32.0 Å². The van der Waals surface area contributed by atoms with E-state index in [1.165, 1.54) is 0 Å². The summed E-state index contributed by atoms with van der Waals surface area (Å²) in [6.07, 6.45) is 1.70. The van der Waals surface area contributed by atoms with Crippen LogP contribution in [0.3, 0.4) is 0 Å². The van der Waals surface area contributed by atoms with Gasteiger partial charge in [0.05, 0.1) is 5.54 Å². The number of hydrogen-bond donors (Lipinski definition) is 3. The Labute approximate surface area is 222 Å². The zero-order valence-corrected chi connectivity index (χ0v) is 22.0. The van der Waals surface area contributed by atoms with Crippen LogP contribution >= 0.6 is 0 Å². The van der Waals surface area contributed by atoms with Gasteiger partial charge in [0.15, 0.2) is 0 Å². The minimum absolute atomic E-state index is 0.0245. The third-order valence-corrected chi connectivity index (χ3v) is 7.89. The Bertz CT molecular complexity index is 1280. The van der Waals surface area contributed by atoms with Gasteiger partial charge in [-0.2, -0.15) is 0 Å². The first kappa shape index (κ1) is 25.9. The monoisotopic (exact) mass is 518 g/mol. The first-order valence-corrected chi connectivity index (χ1v) is 13.1. The molecule has 4 amide bonds. The summed E-state index contributed by atoms with van der Waals surface area (Å²) in [6.45, 7) is 5.81. The maximum atomic E-state index is 13.9. The van der Waals surface area contributed by atoms with Gasteiger partial charge in [-0.05, 0) is 68.7 Å². The van der Waals surface area contributed by atoms with Crippen molar-refractivity contribution in [1.29, 1.82) is 0 Å². The first-order chi connectivity index (χ1) is 18.0. The van der Waals surface area contributed by atoms with Gasteiger partial charge in [0.25, 0.3) is 5.91 Å².